The molecule has 2 aromatic heterocycles. The van der Waals surface area contributed by atoms with Crippen LogP contribution in [-0.2, 0) is 14.3 Å². The monoisotopic (exact) mass is 459 g/mol. The van der Waals surface area contributed by atoms with Crippen molar-refractivity contribution in [3.63, 3.8) is 0 Å². The third kappa shape index (κ3) is 6.05. The predicted octanol–water partition coefficient (Wildman–Crippen LogP) is 2.92. The Morgan fingerprint density at radius 1 is 1.33 bits per heavy atom. The maximum Gasteiger partial charge on any atom is 0.381 e. The summed E-state index contributed by atoms with van der Waals surface area (Å²) < 4.78 is 12.3. The number of hydrogen-bond donors (Lipinski definition) is 0. The van der Waals surface area contributed by atoms with E-state index in [1.54, 1.807) is 24.5 Å². The van der Waals surface area contributed by atoms with Crippen LogP contribution in [0.3, 0.4) is 0 Å². The Morgan fingerprint density at radius 3 is 2.79 bits per heavy atom. The number of imidazole rings is 1. The summed E-state index contributed by atoms with van der Waals surface area (Å²) in [6.07, 6.45) is 9.86. The molecule has 3 heterocycles. The third-order valence-corrected chi connectivity index (χ3v) is 5.71. The molecule has 0 aromatic carbocycles. The molecule has 1 aliphatic rings. The zero-order chi connectivity index (χ0) is 23.8. The largest absolute Gasteiger partial charge is 0.487 e. The highest BCUT2D eigenvalue weighted by Gasteiger charge is 2.44. The van der Waals surface area contributed by atoms with Crippen LogP contribution >= 0.6 is 0 Å². The van der Waals surface area contributed by atoms with Crippen molar-refractivity contribution < 1.29 is 24.0 Å². The molecule has 11 heteroatoms. The van der Waals surface area contributed by atoms with Crippen LogP contribution in [0.15, 0.2) is 37.1 Å². The summed E-state index contributed by atoms with van der Waals surface area (Å²) in [5.74, 6) is -0.625. The molecule has 3 rings (SSSR count). The van der Waals surface area contributed by atoms with Crippen molar-refractivity contribution in [1.82, 2.24) is 19.4 Å². The minimum absolute atomic E-state index is 0.190. The summed E-state index contributed by atoms with van der Waals surface area (Å²) >= 11 is 0. The molecule has 0 bridgehead atoms. The SMILES string of the molecule is CCCCCCC(C(=O)N1C[C@@H](Oc2cccnc2)C[C@H]1C(=O)OC)n1cnc([N+](=O)[O-])c1. The number of esters is 1. The molecule has 3 atom stereocenters. The van der Waals surface area contributed by atoms with Crippen LogP contribution in [0.4, 0.5) is 5.82 Å². The predicted molar refractivity (Wildman–Crippen MR) is 117 cm³/mol. The number of nitro groups is 1. The first-order valence-corrected chi connectivity index (χ1v) is 11.1. The summed E-state index contributed by atoms with van der Waals surface area (Å²) in [7, 11) is 1.28. The second-order valence-corrected chi connectivity index (χ2v) is 8.00. The number of ether oxygens (including phenoxy) is 2. The lowest BCUT2D eigenvalue weighted by molar-refractivity contribution is -0.389. The van der Waals surface area contributed by atoms with Gasteiger partial charge in [-0.25, -0.2) is 4.79 Å². The zero-order valence-corrected chi connectivity index (χ0v) is 18.8. The summed E-state index contributed by atoms with van der Waals surface area (Å²) in [6, 6.07) is 1.97. The fourth-order valence-corrected chi connectivity index (χ4v) is 4.04. The Hall–Kier alpha value is -3.50. The van der Waals surface area contributed by atoms with Gasteiger partial charge in [0, 0.05) is 12.6 Å². The van der Waals surface area contributed by atoms with Gasteiger partial charge >= 0.3 is 11.8 Å². The number of nitrogens with zero attached hydrogens (tertiary/aromatic N) is 5. The van der Waals surface area contributed by atoms with E-state index in [0.29, 0.717) is 12.2 Å². The lowest BCUT2D eigenvalue weighted by atomic mass is 10.1. The Balaban J connectivity index is 1.82. The van der Waals surface area contributed by atoms with Gasteiger partial charge < -0.3 is 24.5 Å². The van der Waals surface area contributed by atoms with E-state index >= 15 is 0 Å². The number of carbonyl (C=O) groups excluding carboxylic acids is 2. The molecule has 0 spiro atoms. The van der Waals surface area contributed by atoms with Gasteiger partial charge in [0.15, 0.2) is 0 Å². The van der Waals surface area contributed by atoms with E-state index in [2.05, 4.69) is 16.9 Å². The van der Waals surface area contributed by atoms with E-state index in [4.69, 9.17) is 9.47 Å². The second kappa shape index (κ2) is 11.4. The molecule has 2 aromatic rings. The molecule has 11 nitrogen and oxygen atoms in total. The Labute approximate surface area is 191 Å². The molecule has 0 radical (unpaired) electrons. The van der Waals surface area contributed by atoms with Crippen LogP contribution in [0, 0.1) is 10.1 Å². The topological polar surface area (TPSA) is 130 Å². The van der Waals surface area contributed by atoms with Crippen molar-refractivity contribution in [3.8, 4) is 5.75 Å². The average Bonchev–Trinajstić information content (AvgIpc) is 3.47. The number of likely N-dealkylation sites (tertiary alicyclic amines) is 1. The number of amides is 1. The zero-order valence-electron chi connectivity index (χ0n) is 18.8. The van der Waals surface area contributed by atoms with E-state index in [0.717, 1.165) is 25.7 Å². The van der Waals surface area contributed by atoms with Crippen molar-refractivity contribution >= 4 is 17.7 Å². The first-order valence-electron chi connectivity index (χ1n) is 11.1. The van der Waals surface area contributed by atoms with Crippen LogP contribution in [0.5, 0.6) is 5.75 Å². The van der Waals surface area contributed by atoms with Gasteiger partial charge in [-0.05, 0) is 28.5 Å². The minimum atomic E-state index is -0.805. The highest BCUT2D eigenvalue weighted by atomic mass is 16.6. The highest BCUT2D eigenvalue weighted by Crippen LogP contribution is 2.29. The number of unbranched alkanes of at least 4 members (excludes halogenated alkanes) is 3. The molecule has 33 heavy (non-hydrogen) atoms. The summed E-state index contributed by atoms with van der Waals surface area (Å²) in [5, 5.41) is 11.1. The molecule has 0 saturated carbocycles. The van der Waals surface area contributed by atoms with E-state index in [-0.39, 0.29) is 24.7 Å². The summed E-state index contributed by atoms with van der Waals surface area (Å²) in [4.78, 5) is 45.9. The van der Waals surface area contributed by atoms with Crippen molar-refractivity contribution in [1.29, 1.82) is 0 Å². The van der Waals surface area contributed by atoms with Crippen molar-refractivity contribution in [2.45, 2.75) is 63.6 Å². The smallest absolute Gasteiger partial charge is 0.381 e. The van der Waals surface area contributed by atoms with Gasteiger partial charge in [0.25, 0.3) is 0 Å². The van der Waals surface area contributed by atoms with Gasteiger partial charge in [-0.15, -0.1) is 0 Å². The standard InChI is InChI=1S/C22H29N5O6/c1-3-4-5-6-9-18(25-14-20(24-15-25)27(30)31)21(28)26-13-17(11-19(26)22(29)32-2)33-16-8-7-10-23-12-16/h7-8,10,12,14-15,17-19H,3-6,9,11,13H2,1-2H3/t17-,18?,19-/m0/s1. The highest BCUT2D eigenvalue weighted by molar-refractivity contribution is 5.87. The number of rotatable bonds is 11. The first kappa shape index (κ1) is 24.1. The van der Waals surface area contributed by atoms with E-state index in [9.17, 15) is 19.7 Å². The fourth-order valence-electron chi connectivity index (χ4n) is 4.04. The summed E-state index contributed by atoms with van der Waals surface area (Å²) in [5.41, 5.74) is 0. The van der Waals surface area contributed by atoms with Crippen molar-refractivity contribution in [3.05, 3.63) is 47.2 Å². The van der Waals surface area contributed by atoms with E-state index < -0.39 is 29.1 Å². The molecule has 1 unspecified atom stereocenters. The molecular weight excluding hydrogens is 430 g/mol. The quantitative estimate of drug-likeness (QED) is 0.217. The van der Waals surface area contributed by atoms with Crippen molar-refractivity contribution in [2.75, 3.05) is 13.7 Å². The molecule has 1 fully saturated rings. The number of carbonyl (C=O) groups is 2. The second-order valence-electron chi connectivity index (χ2n) is 8.00. The van der Waals surface area contributed by atoms with Gasteiger partial charge in [0.2, 0.25) is 12.2 Å². The lowest BCUT2D eigenvalue weighted by Gasteiger charge is -2.27. The first-order chi connectivity index (χ1) is 15.9. The molecule has 0 aliphatic carbocycles. The van der Waals surface area contributed by atoms with Crippen molar-refractivity contribution in [2.24, 2.45) is 0 Å². The number of pyridine rings is 1. The fraction of sp³-hybridized carbons (Fsp3) is 0.545. The number of hydrogen-bond acceptors (Lipinski definition) is 8. The average molecular weight is 460 g/mol. The molecule has 1 amide bonds. The number of aromatic nitrogens is 3. The normalized spacial score (nSPS) is 18.7. The molecular formula is C22H29N5O6. The maximum atomic E-state index is 13.6. The maximum absolute atomic E-state index is 13.6. The summed E-state index contributed by atoms with van der Waals surface area (Å²) in [6.45, 7) is 2.28. The minimum Gasteiger partial charge on any atom is -0.487 e. The Kier molecular flexibility index (Phi) is 8.34. The van der Waals surface area contributed by atoms with Crippen LogP contribution in [0.1, 0.15) is 51.5 Å². The molecule has 0 N–H and O–H groups in total. The van der Waals surface area contributed by atoms with Crippen LogP contribution in [0.25, 0.3) is 0 Å². The lowest BCUT2D eigenvalue weighted by Crippen LogP contribution is -2.44. The van der Waals surface area contributed by atoms with Gasteiger partial charge in [-0.1, -0.05) is 32.6 Å². The van der Waals surface area contributed by atoms with Crippen LogP contribution in [-0.4, -0.2) is 62.0 Å². The van der Waals surface area contributed by atoms with Crippen LogP contribution in [0.2, 0.25) is 0 Å². The molecule has 1 aliphatic heterocycles. The van der Waals surface area contributed by atoms with Gasteiger partial charge in [0.05, 0.1) is 19.9 Å². The molecule has 178 valence electrons. The van der Waals surface area contributed by atoms with Gasteiger partial charge in [-0.3, -0.25) is 14.3 Å². The Bertz CT molecular complexity index is 950. The van der Waals surface area contributed by atoms with Crippen LogP contribution < -0.4 is 4.74 Å². The van der Waals surface area contributed by atoms with Gasteiger partial charge in [0.1, 0.15) is 30.1 Å². The Morgan fingerprint density at radius 2 is 2.15 bits per heavy atom. The van der Waals surface area contributed by atoms with E-state index in [1.165, 1.54) is 29.1 Å². The molecule has 1 saturated heterocycles. The van der Waals surface area contributed by atoms with E-state index in [1.807, 2.05) is 0 Å². The number of methoxy groups -OCH3 is 1. The van der Waals surface area contributed by atoms with Gasteiger partial charge in [-0.2, -0.15) is 0 Å². The third-order valence-electron chi connectivity index (χ3n) is 5.71.